The molecule has 3 N–H and O–H groups in total. The van der Waals surface area contributed by atoms with E-state index in [-0.39, 0.29) is 0 Å². The van der Waals surface area contributed by atoms with Crippen LogP contribution in [0.4, 0.5) is 5.69 Å². The van der Waals surface area contributed by atoms with Crippen molar-refractivity contribution in [3.8, 4) is 0 Å². The highest BCUT2D eigenvalue weighted by Gasteiger charge is 2.25. The van der Waals surface area contributed by atoms with E-state index in [1.807, 2.05) is 6.92 Å². The summed E-state index contributed by atoms with van der Waals surface area (Å²) in [5.41, 5.74) is 1.71. The summed E-state index contributed by atoms with van der Waals surface area (Å²) in [6.45, 7) is 9.73. The molecule has 29 heavy (non-hydrogen) atoms. The normalized spacial score (nSPS) is 17.6. The van der Waals surface area contributed by atoms with Gasteiger partial charge in [0.15, 0.2) is 5.96 Å². The van der Waals surface area contributed by atoms with Crippen LogP contribution in [0.15, 0.2) is 29.3 Å². The van der Waals surface area contributed by atoms with Gasteiger partial charge in [-0.2, -0.15) is 0 Å². The number of aliphatic hydroxyl groups is 1. The monoisotopic (exact) mass is 405 g/mol. The van der Waals surface area contributed by atoms with Crippen LogP contribution in [0.5, 0.6) is 0 Å². The van der Waals surface area contributed by atoms with Crippen LogP contribution in [0, 0.1) is 0 Å². The molecule has 7 nitrogen and oxygen atoms in total. The lowest BCUT2D eigenvalue weighted by atomic mass is 10.1. The van der Waals surface area contributed by atoms with Crippen LogP contribution in [0.3, 0.4) is 0 Å². The number of nitrogens with zero attached hydrogens (tertiary/aromatic N) is 3. The van der Waals surface area contributed by atoms with Gasteiger partial charge >= 0.3 is 0 Å². The van der Waals surface area contributed by atoms with Crippen LogP contribution in [-0.4, -0.2) is 88.1 Å². The van der Waals surface area contributed by atoms with Crippen molar-refractivity contribution >= 4 is 11.6 Å². The highest BCUT2D eigenvalue weighted by molar-refractivity contribution is 5.79. The summed E-state index contributed by atoms with van der Waals surface area (Å²) in [4.78, 5) is 8.95. The molecule has 2 rings (SSSR count). The fraction of sp³-hybridized carbons (Fsp3) is 0.682. The van der Waals surface area contributed by atoms with Gasteiger partial charge in [-0.05, 0) is 44.4 Å². The van der Waals surface area contributed by atoms with E-state index in [0.717, 1.165) is 58.2 Å². The first-order valence-electron chi connectivity index (χ1n) is 10.7. The molecule has 1 aromatic rings. The molecule has 1 aromatic carbocycles. The second kappa shape index (κ2) is 12.0. The smallest absolute Gasteiger partial charge is 0.191 e. The number of hydrogen-bond donors (Lipinski definition) is 3. The number of anilines is 1. The quantitative estimate of drug-likeness (QED) is 0.310. The van der Waals surface area contributed by atoms with Gasteiger partial charge < -0.3 is 25.4 Å². The van der Waals surface area contributed by atoms with Crippen LogP contribution in [-0.2, 0) is 11.2 Å². The number of guanidine groups is 1. The third-order valence-corrected chi connectivity index (χ3v) is 4.98. The van der Waals surface area contributed by atoms with Gasteiger partial charge in [0.05, 0.1) is 25.4 Å². The Labute approximate surface area is 176 Å². The standard InChI is InChI=1S/C22H39N5O2/c1-5-23-21(25-17-22(2,28)18-27-13-15-29-16-14-27)24-12-6-7-19-8-10-20(11-9-19)26(3)4/h8-11,28H,5-7,12-18H2,1-4H3,(H2,23,24,25). The number of nitrogens with one attached hydrogen (secondary N) is 2. The highest BCUT2D eigenvalue weighted by Crippen LogP contribution is 2.13. The van der Waals surface area contributed by atoms with E-state index in [4.69, 9.17) is 4.74 Å². The lowest BCUT2D eigenvalue weighted by Crippen LogP contribution is -2.48. The highest BCUT2D eigenvalue weighted by atomic mass is 16.5. The number of morpholine rings is 1. The van der Waals surface area contributed by atoms with Crippen LogP contribution in [0.25, 0.3) is 0 Å². The first-order valence-corrected chi connectivity index (χ1v) is 10.7. The summed E-state index contributed by atoms with van der Waals surface area (Å²) >= 11 is 0. The zero-order valence-corrected chi connectivity index (χ0v) is 18.6. The summed E-state index contributed by atoms with van der Waals surface area (Å²) in [7, 11) is 4.11. The molecule has 0 spiro atoms. The van der Waals surface area contributed by atoms with Gasteiger partial charge in [-0.3, -0.25) is 9.89 Å². The second-order valence-corrected chi connectivity index (χ2v) is 8.17. The Kier molecular flexibility index (Phi) is 9.70. The van der Waals surface area contributed by atoms with Crippen LogP contribution >= 0.6 is 0 Å². The molecule has 1 aliphatic rings. The number of β-amino-alcohol motifs (C(OH)–C–C–N with tert-alkyl or cyclic N) is 1. The van der Waals surface area contributed by atoms with Crippen LogP contribution < -0.4 is 15.5 Å². The molecule has 1 saturated heterocycles. The van der Waals surface area contributed by atoms with Gasteiger partial charge in [0.1, 0.15) is 0 Å². The molecule has 0 bridgehead atoms. The van der Waals surface area contributed by atoms with E-state index >= 15 is 0 Å². The van der Waals surface area contributed by atoms with E-state index in [1.165, 1.54) is 11.3 Å². The lowest BCUT2D eigenvalue weighted by molar-refractivity contribution is -0.0179. The largest absolute Gasteiger partial charge is 0.387 e. The summed E-state index contributed by atoms with van der Waals surface area (Å²) in [5, 5.41) is 17.4. The fourth-order valence-corrected chi connectivity index (χ4v) is 3.34. The van der Waals surface area contributed by atoms with Crippen molar-refractivity contribution in [2.45, 2.75) is 32.3 Å². The molecular formula is C22H39N5O2. The first-order chi connectivity index (χ1) is 13.9. The zero-order chi connectivity index (χ0) is 21.1. The number of hydrogen-bond acceptors (Lipinski definition) is 5. The van der Waals surface area contributed by atoms with Crippen LogP contribution in [0.1, 0.15) is 25.8 Å². The van der Waals surface area contributed by atoms with Gasteiger partial charge in [0, 0.05) is 52.5 Å². The maximum atomic E-state index is 10.7. The average Bonchev–Trinajstić information content (AvgIpc) is 2.70. The predicted octanol–water partition coefficient (Wildman–Crippen LogP) is 1.32. The Hall–Kier alpha value is -1.83. The van der Waals surface area contributed by atoms with E-state index in [0.29, 0.717) is 13.1 Å². The molecule has 7 heteroatoms. The molecule has 0 aliphatic carbocycles. The third-order valence-electron chi connectivity index (χ3n) is 4.98. The maximum Gasteiger partial charge on any atom is 0.191 e. The molecule has 0 amide bonds. The molecule has 1 heterocycles. The molecule has 0 radical (unpaired) electrons. The van der Waals surface area contributed by atoms with Crippen molar-refractivity contribution in [1.29, 1.82) is 0 Å². The number of benzene rings is 1. The number of rotatable bonds is 10. The van der Waals surface area contributed by atoms with Crippen molar-refractivity contribution in [3.05, 3.63) is 29.8 Å². The Balaban J connectivity index is 1.76. The zero-order valence-electron chi connectivity index (χ0n) is 18.6. The van der Waals surface area contributed by atoms with Gasteiger partial charge in [-0.25, -0.2) is 0 Å². The van der Waals surface area contributed by atoms with E-state index in [9.17, 15) is 5.11 Å². The predicted molar refractivity (Wildman–Crippen MR) is 121 cm³/mol. The number of ether oxygens (including phenoxy) is 1. The molecule has 1 fully saturated rings. The van der Waals surface area contributed by atoms with Crippen molar-refractivity contribution in [1.82, 2.24) is 15.5 Å². The van der Waals surface area contributed by atoms with Crippen molar-refractivity contribution in [3.63, 3.8) is 0 Å². The minimum absolute atomic E-state index is 0.367. The third kappa shape index (κ3) is 9.02. The summed E-state index contributed by atoms with van der Waals surface area (Å²) in [5.74, 6) is 0.762. The lowest BCUT2D eigenvalue weighted by Gasteiger charge is -2.33. The maximum absolute atomic E-state index is 10.7. The van der Waals surface area contributed by atoms with Gasteiger partial charge in [0.2, 0.25) is 0 Å². The Morgan fingerprint density at radius 2 is 1.90 bits per heavy atom. The average molecular weight is 406 g/mol. The molecular weight excluding hydrogens is 366 g/mol. The number of aliphatic imine (C=N–C) groups is 1. The van der Waals surface area contributed by atoms with Crippen molar-refractivity contribution in [2.24, 2.45) is 4.99 Å². The van der Waals surface area contributed by atoms with Crippen LogP contribution in [0.2, 0.25) is 0 Å². The van der Waals surface area contributed by atoms with Crippen molar-refractivity contribution in [2.75, 3.05) is 71.5 Å². The van der Waals surface area contributed by atoms with E-state index in [2.05, 4.69) is 70.7 Å². The Morgan fingerprint density at radius 1 is 1.21 bits per heavy atom. The van der Waals surface area contributed by atoms with E-state index < -0.39 is 5.60 Å². The number of aryl methyl sites for hydroxylation is 1. The minimum Gasteiger partial charge on any atom is -0.387 e. The minimum atomic E-state index is -0.853. The van der Waals surface area contributed by atoms with Gasteiger partial charge in [-0.1, -0.05) is 12.1 Å². The van der Waals surface area contributed by atoms with Gasteiger partial charge in [-0.15, -0.1) is 0 Å². The summed E-state index contributed by atoms with van der Waals surface area (Å²) in [6.07, 6.45) is 2.05. The molecule has 1 unspecified atom stereocenters. The summed E-state index contributed by atoms with van der Waals surface area (Å²) in [6, 6.07) is 8.70. The molecule has 0 saturated carbocycles. The van der Waals surface area contributed by atoms with Gasteiger partial charge in [0.25, 0.3) is 0 Å². The topological polar surface area (TPSA) is 72.4 Å². The molecule has 1 atom stereocenters. The molecule has 164 valence electrons. The Bertz CT molecular complexity index is 610. The SMILES string of the molecule is CCNC(=NCC(C)(O)CN1CCOCC1)NCCCc1ccc(N(C)C)cc1. The molecule has 0 aromatic heterocycles. The van der Waals surface area contributed by atoms with Crippen molar-refractivity contribution < 1.29 is 9.84 Å². The summed E-state index contributed by atoms with van der Waals surface area (Å²) < 4.78 is 5.37. The Morgan fingerprint density at radius 3 is 2.52 bits per heavy atom. The van der Waals surface area contributed by atoms with E-state index in [1.54, 1.807) is 0 Å². The fourth-order valence-electron chi connectivity index (χ4n) is 3.34. The molecule has 1 aliphatic heterocycles. The first kappa shape index (κ1) is 23.4. The second-order valence-electron chi connectivity index (χ2n) is 8.17.